The fourth-order valence-corrected chi connectivity index (χ4v) is 4.24. The van der Waals surface area contributed by atoms with Crippen LogP contribution in [0.4, 0.5) is 0 Å². The van der Waals surface area contributed by atoms with Crippen LogP contribution in [-0.4, -0.2) is 37.9 Å². The summed E-state index contributed by atoms with van der Waals surface area (Å²) in [4.78, 5) is 8.45. The van der Waals surface area contributed by atoms with Gasteiger partial charge in [0.1, 0.15) is 5.75 Å². The van der Waals surface area contributed by atoms with Crippen molar-refractivity contribution in [3.63, 3.8) is 0 Å². The Morgan fingerprint density at radius 3 is 2.72 bits per heavy atom. The predicted molar refractivity (Wildman–Crippen MR) is 116 cm³/mol. The summed E-state index contributed by atoms with van der Waals surface area (Å²) in [7, 11) is -0.906. The highest BCUT2D eigenvalue weighted by Gasteiger charge is 2.18. The number of rotatable bonds is 7. The van der Waals surface area contributed by atoms with Gasteiger partial charge in [0.25, 0.3) is 0 Å². The predicted octanol–water partition coefficient (Wildman–Crippen LogP) is 3.81. The van der Waals surface area contributed by atoms with Gasteiger partial charge in [0, 0.05) is 37.3 Å². The maximum Gasteiger partial charge on any atom is 0.119 e. The van der Waals surface area contributed by atoms with E-state index in [2.05, 4.69) is 46.4 Å². The Bertz CT molecular complexity index is 977. The molecule has 150 valence electrons. The lowest BCUT2D eigenvalue weighted by Crippen LogP contribution is -2.31. The van der Waals surface area contributed by atoms with Gasteiger partial charge in [0.15, 0.2) is 0 Å². The van der Waals surface area contributed by atoms with Crippen LogP contribution in [0.15, 0.2) is 61.1 Å². The second-order valence-electron chi connectivity index (χ2n) is 7.21. The molecule has 1 aliphatic heterocycles. The summed E-state index contributed by atoms with van der Waals surface area (Å²) in [5.74, 6) is 0.924. The first-order valence-corrected chi connectivity index (χ1v) is 11.4. The van der Waals surface area contributed by atoms with Crippen LogP contribution >= 0.6 is 0 Å². The first-order valence-electron chi connectivity index (χ1n) is 9.87. The molecular weight excluding hydrogens is 382 g/mol. The molecule has 0 radical (unpaired) electrons. The summed E-state index contributed by atoms with van der Waals surface area (Å²) in [5, 5.41) is 0. The molecule has 6 heteroatoms. The van der Waals surface area contributed by atoms with Gasteiger partial charge in [0.05, 0.1) is 29.5 Å². The van der Waals surface area contributed by atoms with Crippen molar-refractivity contribution in [2.45, 2.75) is 25.8 Å². The minimum atomic E-state index is -0.906. The smallest absolute Gasteiger partial charge is 0.119 e. The monoisotopic (exact) mass is 407 g/mol. The molecule has 1 aliphatic rings. The SMILES string of the molecule is CS(=O)N1CCc2cc(OCCCc3ccc(-c4cnccn4)cc3)ccc2C1. The third kappa shape index (κ3) is 5.08. The van der Waals surface area contributed by atoms with Gasteiger partial charge in [-0.25, -0.2) is 8.51 Å². The molecule has 1 atom stereocenters. The van der Waals surface area contributed by atoms with Crippen LogP contribution < -0.4 is 4.74 Å². The summed E-state index contributed by atoms with van der Waals surface area (Å²) in [6.07, 6.45) is 9.77. The van der Waals surface area contributed by atoms with Crippen molar-refractivity contribution >= 4 is 11.0 Å². The molecule has 5 nitrogen and oxygen atoms in total. The summed E-state index contributed by atoms with van der Waals surface area (Å²) in [6.45, 7) is 2.28. The number of fused-ring (bicyclic) bond motifs is 1. The van der Waals surface area contributed by atoms with Gasteiger partial charge in [-0.05, 0) is 48.1 Å². The molecule has 3 aromatic rings. The second kappa shape index (κ2) is 9.29. The number of hydrogen-bond donors (Lipinski definition) is 0. The van der Waals surface area contributed by atoms with Crippen LogP contribution in [0.25, 0.3) is 11.3 Å². The van der Waals surface area contributed by atoms with Crippen LogP contribution in [0.2, 0.25) is 0 Å². The Morgan fingerprint density at radius 2 is 1.97 bits per heavy atom. The highest BCUT2D eigenvalue weighted by atomic mass is 32.2. The number of aromatic nitrogens is 2. The van der Waals surface area contributed by atoms with E-state index >= 15 is 0 Å². The quantitative estimate of drug-likeness (QED) is 0.559. The fraction of sp³-hybridized carbons (Fsp3) is 0.304. The molecule has 0 aliphatic carbocycles. The maximum absolute atomic E-state index is 11.7. The molecule has 29 heavy (non-hydrogen) atoms. The van der Waals surface area contributed by atoms with Crippen LogP contribution in [0.1, 0.15) is 23.1 Å². The number of hydrogen-bond acceptors (Lipinski definition) is 4. The fourth-order valence-electron chi connectivity index (χ4n) is 3.57. The molecule has 0 bridgehead atoms. The van der Waals surface area contributed by atoms with Gasteiger partial charge >= 0.3 is 0 Å². The second-order valence-corrected chi connectivity index (χ2v) is 8.57. The summed E-state index contributed by atoms with van der Waals surface area (Å²) < 4.78 is 19.6. The molecule has 1 unspecified atom stereocenters. The summed E-state index contributed by atoms with van der Waals surface area (Å²) >= 11 is 0. The first kappa shape index (κ1) is 19.7. The highest BCUT2D eigenvalue weighted by molar-refractivity contribution is 7.81. The highest BCUT2D eigenvalue weighted by Crippen LogP contribution is 2.24. The van der Waals surface area contributed by atoms with Crippen molar-refractivity contribution in [3.05, 3.63) is 77.7 Å². The Kier molecular flexibility index (Phi) is 6.32. The molecule has 0 amide bonds. The normalized spacial score (nSPS) is 14.9. The van der Waals surface area contributed by atoms with Crippen molar-refractivity contribution in [3.8, 4) is 17.0 Å². The third-order valence-electron chi connectivity index (χ3n) is 5.21. The van der Waals surface area contributed by atoms with E-state index in [1.54, 1.807) is 24.8 Å². The Labute approximate surface area is 174 Å². The lowest BCUT2D eigenvalue weighted by molar-refractivity contribution is 0.310. The van der Waals surface area contributed by atoms with E-state index < -0.39 is 11.0 Å². The molecule has 1 aromatic heterocycles. The summed E-state index contributed by atoms with van der Waals surface area (Å²) in [6, 6.07) is 14.7. The number of nitrogens with zero attached hydrogens (tertiary/aromatic N) is 3. The topological polar surface area (TPSA) is 55.3 Å². The Hall–Kier alpha value is -2.57. The van der Waals surface area contributed by atoms with Crippen LogP contribution in [0.5, 0.6) is 5.75 Å². The Balaban J connectivity index is 1.26. The zero-order chi connectivity index (χ0) is 20.1. The van der Waals surface area contributed by atoms with Gasteiger partial charge in [-0.15, -0.1) is 0 Å². The van der Waals surface area contributed by atoms with E-state index in [0.717, 1.165) is 49.4 Å². The van der Waals surface area contributed by atoms with Crippen molar-refractivity contribution in [1.82, 2.24) is 14.3 Å². The van der Waals surface area contributed by atoms with E-state index in [0.29, 0.717) is 6.61 Å². The van der Waals surface area contributed by atoms with Crippen LogP contribution in [0.3, 0.4) is 0 Å². The standard InChI is InChI=1S/C23H25N3O2S/c1-29(27)26-13-10-20-15-22(9-8-21(20)17-26)28-14-2-3-18-4-6-19(7-5-18)23-16-24-11-12-25-23/h4-9,11-12,15-16H,2-3,10,13-14,17H2,1H3. The lowest BCUT2D eigenvalue weighted by atomic mass is 10.0. The third-order valence-corrected chi connectivity index (χ3v) is 6.25. The molecule has 0 saturated heterocycles. The minimum Gasteiger partial charge on any atom is -0.494 e. The van der Waals surface area contributed by atoms with Gasteiger partial charge < -0.3 is 4.74 Å². The molecule has 0 N–H and O–H groups in total. The van der Waals surface area contributed by atoms with Gasteiger partial charge in [-0.3, -0.25) is 9.97 Å². The minimum absolute atomic E-state index is 0.690. The van der Waals surface area contributed by atoms with Gasteiger partial charge in [0.2, 0.25) is 0 Å². The summed E-state index contributed by atoms with van der Waals surface area (Å²) in [5.41, 5.74) is 5.82. The number of benzene rings is 2. The lowest BCUT2D eigenvalue weighted by Gasteiger charge is -2.26. The molecular formula is C23H25N3O2S. The maximum atomic E-state index is 11.7. The molecule has 2 heterocycles. The molecule has 0 spiro atoms. The molecule has 4 rings (SSSR count). The average molecular weight is 408 g/mol. The Morgan fingerprint density at radius 1 is 1.10 bits per heavy atom. The van der Waals surface area contributed by atoms with E-state index in [1.807, 2.05) is 10.4 Å². The largest absolute Gasteiger partial charge is 0.494 e. The van der Waals surface area contributed by atoms with Crippen LogP contribution in [0, 0.1) is 0 Å². The van der Waals surface area contributed by atoms with Crippen molar-refractivity contribution < 1.29 is 8.95 Å². The van der Waals surface area contributed by atoms with Crippen molar-refractivity contribution in [2.75, 3.05) is 19.4 Å². The molecule has 2 aromatic carbocycles. The number of aryl methyl sites for hydroxylation is 1. The zero-order valence-electron chi connectivity index (χ0n) is 16.6. The van der Waals surface area contributed by atoms with Gasteiger partial charge in [-0.2, -0.15) is 0 Å². The van der Waals surface area contributed by atoms with Crippen LogP contribution in [-0.2, 0) is 30.4 Å². The first-order chi connectivity index (χ1) is 14.2. The number of ether oxygens (including phenoxy) is 1. The van der Waals surface area contributed by atoms with Gasteiger partial charge in [-0.1, -0.05) is 30.3 Å². The molecule has 0 fully saturated rings. The molecule has 0 saturated carbocycles. The average Bonchev–Trinajstić information content (AvgIpc) is 2.77. The van der Waals surface area contributed by atoms with E-state index in [4.69, 9.17) is 4.74 Å². The zero-order valence-corrected chi connectivity index (χ0v) is 17.4. The van der Waals surface area contributed by atoms with E-state index in [9.17, 15) is 4.21 Å². The van der Waals surface area contributed by atoms with Crippen molar-refractivity contribution in [1.29, 1.82) is 0 Å². The van der Waals surface area contributed by atoms with E-state index in [-0.39, 0.29) is 0 Å². The van der Waals surface area contributed by atoms with E-state index in [1.165, 1.54) is 16.7 Å². The van der Waals surface area contributed by atoms with Crippen molar-refractivity contribution in [2.24, 2.45) is 0 Å².